The van der Waals surface area contributed by atoms with Gasteiger partial charge in [-0.25, -0.2) is 0 Å². The highest BCUT2D eigenvalue weighted by Gasteiger charge is 2.51. The van der Waals surface area contributed by atoms with Gasteiger partial charge in [-0.2, -0.15) is 0 Å². The number of likely N-dealkylation sites (tertiary alicyclic amines) is 1. The predicted octanol–water partition coefficient (Wildman–Crippen LogP) is 1.30. The van der Waals surface area contributed by atoms with Crippen molar-refractivity contribution in [1.29, 1.82) is 0 Å². The Labute approximate surface area is 142 Å². The molecular weight excluding hydrogens is 310 g/mol. The van der Waals surface area contributed by atoms with Gasteiger partial charge in [0.15, 0.2) is 12.6 Å². The van der Waals surface area contributed by atoms with E-state index < -0.39 is 24.8 Å². The van der Waals surface area contributed by atoms with Crippen LogP contribution in [0, 0.1) is 0 Å². The van der Waals surface area contributed by atoms with Crippen molar-refractivity contribution in [2.75, 3.05) is 26.8 Å². The summed E-state index contributed by atoms with van der Waals surface area (Å²) in [5, 5.41) is 11.0. The third-order valence-electron chi connectivity index (χ3n) is 5.20. The van der Waals surface area contributed by atoms with Gasteiger partial charge in [0.1, 0.15) is 18.3 Å². The second-order valence-electron chi connectivity index (χ2n) is 6.68. The van der Waals surface area contributed by atoms with Gasteiger partial charge < -0.3 is 24.1 Å². The molecule has 132 valence electrons. The summed E-state index contributed by atoms with van der Waals surface area (Å²) in [5.74, 6) is 0. The first-order chi connectivity index (χ1) is 11.8. The number of hydrogen-bond donors (Lipinski definition) is 1. The molecule has 6 nitrogen and oxygen atoms in total. The summed E-state index contributed by atoms with van der Waals surface area (Å²) in [5.41, 5.74) is 0.953. The van der Waals surface area contributed by atoms with E-state index in [0.29, 0.717) is 6.61 Å². The molecule has 3 fully saturated rings. The van der Waals surface area contributed by atoms with Crippen LogP contribution in [0.1, 0.15) is 24.7 Å². The Morgan fingerprint density at radius 1 is 1.12 bits per heavy atom. The highest BCUT2D eigenvalue weighted by atomic mass is 16.7. The smallest absolute Gasteiger partial charge is 0.184 e. The zero-order valence-electron chi connectivity index (χ0n) is 13.9. The molecule has 1 aromatic carbocycles. The fourth-order valence-corrected chi connectivity index (χ4v) is 3.98. The highest BCUT2D eigenvalue weighted by Crippen LogP contribution is 2.36. The fourth-order valence-electron chi connectivity index (χ4n) is 3.98. The number of aliphatic hydroxyl groups is 1. The lowest BCUT2D eigenvalue weighted by molar-refractivity contribution is -0.349. The SMILES string of the molecule is CO[C@@H]1O[C@@H]2COC(c3ccccc3)O[C@H]2[C@H](O)[C@H]1N1CCCC1. The van der Waals surface area contributed by atoms with Gasteiger partial charge in [0, 0.05) is 12.7 Å². The zero-order chi connectivity index (χ0) is 16.5. The molecule has 3 heterocycles. The third-order valence-corrected chi connectivity index (χ3v) is 5.20. The number of hydrogen-bond acceptors (Lipinski definition) is 6. The highest BCUT2D eigenvalue weighted by molar-refractivity contribution is 5.16. The van der Waals surface area contributed by atoms with Crippen molar-refractivity contribution < 1.29 is 24.1 Å². The second-order valence-corrected chi connectivity index (χ2v) is 6.68. The fraction of sp³-hybridized carbons (Fsp3) is 0.667. The average Bonchev–Trinajstić information content (AvgIpc) is 3.16. The van der Waals surface area contributed by atoms with E-state index in [1.807, 2.05) is 30.3 Å². The molecule has 3 aliphatic heterocycles. The first-order valence-electron chi connectivity index (χ1n) is 8.70. The Bertz CT molecular complexity index is 535. The zero-order valence-corrected chi connectivity index (χ0v) is 13.9. The molecule has 6 heteroatoms. The first kappa shape index (κ1) is 16.4. The first-order valence-corrected chi connectivity index (χ1v) is 8.70. The largest absolute Gasteiger partial charge is 0.388 e. The minimum atomic E-state index is -0.665. The lowest BCUT2D eigenvalue weighted by Gasteiger charge is -2.49. The van der Waals surface area contributed by atoms with Crippen LogP contribution < -0.4 is 0 Å². The Balaban J connectivity index is 1.53. The van der Waals surface area contributed by atoms with E-state index in [-0.39, 0.29) is 12.1 Å². The molecule has 0 amide bonds. The monoisotopic (exact) mass is 335 g/mol. The molecule has 1 N–H and O–H groups in total. The van der Waals surface area contributed by atoms with Gasteiger partial charge in [-0.05, 0) is 25.9 Å². The van der Waals surface area contributed by atoms with Crippen LogP contribution in [0.2, 0.25) is 0 Å². The molecule has 0 saturated carbocycles. The van der Waals surface area contributed by atoms with Gasteiger partial charge in [-0.1, -0.05) is 30.3 Å². The lowest BCUT2D eigenvalue weighted by atomic mass is 9.94. The van der Waals surface area contributed by atoms with Crippen molar-refractivity contribution in [3.05, 3.63) is 35.9 Å². The second kappa shape index (κ2) is 7.07. The molecular formula is C18H25NO5. The molecule has 6 atom stereocenters. The van der Waals surface area contributed by atoms with E-state index in [1.165, 1.54) is 0 Å². The Kier molecular flexibility index (Phi) is 4.85. The molecule has 1 unspecified atom stereocenters. The normalized spacial score (nSPS) is 40.4. The van der Waals surface area contributed by atoms with Crippen LogP contribution in [0.15, 0.2) is 30.3 Å². The Morgan fingerprint density at radius 2 is 1.88 bits per heavy atom. The van der Waals surface area contributed by atoms with E-state index in [4.69, 9.17) is 18.9 Å². The van der Waals surface area contributed by atoms with Crippen LogP contribution in [0.5, 0.6) is 0 Å². The van der Waals surface area contributed by atoms with Crippen LogP contribution in [-0.2, 0) is 18.9 Å². The maximum atomic E-state index is 11.0. The van der Waals surface area contributed by atoms with Crippen LogP contribution in [0.4, 0.5) is 0 Å². The molecule has 0 aromatic heterocycles. The van der Waals surface area contributed by atoms with Gasteiger partial charge in [0.05, 0.1) is 12.6 Å². The summed E-state index contributed by atoms with van der Waals surface area (Å²) >= 11 is 0. The van der Waals surface area contributed by atoms with E-state index in [0.717, 1.165) is 31.5 Å². The van der Waals surface area contributed by atoms with Crippen LogP contribution >= 0.6 is 0 Å². The molecule has 0 spiro atoms. The van der Waals surface area contributed by atoms with Crippen molar-refractivity contribution in [2.24, 2.45) is 0 Å². The number of fused-ring (bicyclic) bond motifs is 1. The van der Waals surface area contributed by atoms with Crippen LogP contribution in [0.25, 0.3) is 0 Å². The van der Waals surface area contributed by atoms with Crippen molar-refractivity contribution in [3.63, 3.8) is 0 Å². The van der Waals surface area contributed by atoms with Crippen LogP contribution in [0.3, 0.4) is 0 Å². The van der Waals surface area contributed by atoms with Crippen molar-refractivity contribution in [1.82, 2.24) is 4.90 Å². The molecule has 0 bridgehead atoms. The average molecular weight is 335 g/mol. The minimum absolute atomic E-state index is 0.201. The van der Waals surface area contributed by atoms with E-state index in [9.17, 15) is 5.11 Å². The van der Waals surface area contributed by atoms with Crippen molar-refractivity contribution >= 4 is 0 Å². The minimum Gasteiger partial charge on any atom is -0.388 e. The standard InChI is InChI=1S/C18H25NO5/c1-21-18-14(19-9-5-6-10-19)15(20)16-13(23-18)11-22-17(24-16)12-7-3-2-4-8-12/h2-4,7-8,13-18,20H,5-6,9-11H2,1H3/t13-,14-,15-,16-,17?,18-/m1/s1. The summed E-state index contributed by atoms with van der Waals surface area (Å²) in [6.45, 7) is 2.30. The van der Waals surface area contributed by atoms with E-state index in [1.54, 1.807) is 7.11 Å². The number of aliphatic hydroxyl groups excluding tert-OH is 1. The van der Waals surface area contributed by atoms with Gasteiger partial charge >= 0.3 is 0 Å². The molecule has 1 aromatic rings. The third kappa shape index (κ3) is 2.98. The predicted molar refractivity (Wildman–Crippen MR) is 86.3 cm³/mol. The molecule has 3 aliphatic rings. The van der Waals surface area contributed by atoms with Crippen molar-refractivity contribution in [2.45, 2.75) is 49.8 Å². The van der Waals surface area contributed by atoms with Gasteiger partial charge in [-0.3, -0.25) is 4.90 Å². The summed E-state index contributed by atoms with van der Waals surface area (Å²) in [6, 6.07) is 9.60. The van der Waals surface area contributed by atoms with Gasteiger partial charge in [-0.15, -0.1) is 0 Å². The van der Waals surface area contributed by atoms with Crippen LogP contribution in [-0.4, -0.2) is 67.5 Å². The lowest BCUT2D eigenvalue weighted by Crippen LogP contribution is -2.66. The van der Waals surface area contributed by atoms with E-state index >= 15 is 0 Å². The quantitative estimate of drug-likeness (QED) is 0.898. The van der Waals surface area contributed by atoms with E-state index in [2.05, 4.69) is 4.90 Å². The Hall–Kier alpha value is -1.02. The molecule has 4 rings (SSSR count). The number of ether oxygens (including phenoxy) is 4. The summed E-state index contributed by atoms with van der Waals surface area (Å²) < 4.78 is 23.5. The topological polar surface area (TPSA) is 60.4 Å². The summed E-state index contributed by atoms with van der Waals surface area (Å²) in [7, 11) is 1.62. The van der Waals surface area contributed by atoms with Crippen molar-refractivity contribution in [3.8, 4) is 0 Å². The Morgan fingerprint density at radius 3 is 2.58 bits per heavy atom. The number of benzene rings is 1. The number of methoxy groups -OCH3 is 1. The maximum absolute atomic E-state index is 11.0. The number of rotatable bonds is 3. The molecule has 3 saturated heterocycles. The number of nitrogens with zero attached hydrogens (tertiary/aromatic N) is 1. The molecule has 24 heavy (non-hydrogen) atoms. The molecule has 0 radical (unpaired) electrons. The van der Waals surface area contributed by atoms with Gasteiger partial charge in [0.25, 0.3) is 0 Å². The summed E-state index contributed by atoms with van der Waals surface area (Å²) in [6.07, 6.45) is -0.0372. The maximum Gasteiger partial charge on any atom is 0.184 e. The van der Waals surface area contributed by atoms with Gasteiger partial charge in [0.2, 0.25) is 0 Å². The molecule has 0 aliphatic carbocycles. The summed E-state index contributed by atoms with van der Waals surface area (Å²) in [4.78, 5) is 2.26.